The molecular formula is C26H38O6. The van der Waals surface area contributed by atoms with E-state index in [-0.39, 0.29) is 29.6 Å². The summed E-state index contributed by atoms with van der Waals surface area (Å²) in [6.07, 6.45) is 9.29. The van der Waals surface area contributed by atoms with Gasteiger partial charge in [-0.3, -0.25) is 4.79 Å². The van der Waals surface area contributed by atoms with Crippen molar-refractivity contribution in [1.29, 1.82) is 0 Å². The van der Waals surface area contributed by atoms with Crippen LogP contribution in [0.1, 0.15) is 72.1 Å². The second-order valence-electron chi connectivity index (χ2n) is 11.7. The SMILES string of the molecule is CC(=O)OC[C@@]12[C@H](CCC[C@]13CO3)C1C[C@@](C)(CCC3=CC(=O)OC3)[C@H](C)CC1C[C@@H]2O. The minimum Gasteiger partial charge on any atom is -0.465 e. The van der Waals surface area contributed by atoms with Crippen LogP contribution in [0.4, 0.5) is 0 Å². The lowest BCUT2D eigenvalue weighted by Gasteiger charge is -2.62. The Labute approximate surface area is 191 Å². The predicted octanol–water partition coefficient (Wildman–Crippen LogP) is 3.80. The summed E-state index contributed by atoms with van der Waals surface area (Å²) in [5, 5.41) is 11.5. The van der Waals surface area contributed by atoms with Gasteiger partial charge in [0.2, 0.25) is 0 Å². The van der Waals surface area contributed by atoms with Crippen LogP contribution in [0.25, 0.3) is 0 Å². The molecule has 3 saturated carbocycles. The van der Waals surface area contributed by atoms with E-state index in [0.717, 1.165) is 56.9 Å². The van der Waals surface area contributed by atoms with Crippen molar-refractivity contribution < 1.29 is 28.9 Å². The molecule has 2 unspecified atom stereocenters. The lowest BCUT2D eigenvalue weighted by Crippen LogP contribution is -2.65. The van der Waals surface area contributed by atoms with Crippen LogP contribution in [0.3, 0.4) is 0 Å². The van der Waals surface area contributed by atoms with Crippen LogP contribution < -0.4 is 0 Å². The number of aliphatic hydroxyl groups is 1. The molecule has 1 spiro atoms. The van der Waals surface area contributed by atoms with E-state index in [0.29, 0.717) is 36.9 Å². The highest BCUT2D eigenvalue weighted by molar-refractivity contribution is 5.85. The van der Waals surface area contributed by atoms with Crippen molar-refractivity contribution in [2.75, 3.05) is 19.8 Å². The molecule has 0 aromatic carbocycles. The number of fused-ring (bicyclic) bond motifs is 4. The number of cyclic esters (lactones) is 1. The Morgan fingerprint density at radius 1 is 1.34 bits per heavy atom. The summed E-state index contributed by atoms with van der Waals surface area (Å²) >= 11 is 0. The summed E-state index contributed by atoms with van der Waals surface area (Å²) in [4.78, 5) is 23.2. The van der Waals surface area contributed by atoms with Crippen LogP contribution in [0.5, 0.6) is 0 Å². The van der Waals surface area contributed by atoms with Crippen LogP contribution in [-0.4, -0.2) is 48.6 Å². The number of aliphatic hydroxyl groups excluding tert-OH is 1. The summed E-state index contributed by atoms with van der Waals surface area (Å²) in [5.41, 5.74) is 0.491. The highest BCUT2D eigenvalue weighted by Crippen LogP contribution is 2.68. The number of esters is 2. The molecule has 1 saturated heterocycles. The molecule has 5 aliphatic rings. The van der Waals surface area contributed by atoms with E-state index in [1.807, 2.05) is 0 Å². The van der Waals surface area contributed by atoms with Crippen molar-refractivity contribution in [3.63, 3.8) is 0 Å². The van der Waals surface area contributed by atoms with Crippen LogP contribution >= 0.6 is 0 Å². The first-order valence-corrected chi connectivity index (χ1v) is 12.5. The van der Waals surface area contributed by atoms with Crippen molar-refractivity contribution in [3.05, 3.63) is 11.6 Å². The van der Waals surface area contributed by atoms with E-state index in [4.69, 9.17) is 14.2 Å². The lowest BCUT2D eigenvalue weighted by molar-refractivity contribution is -0.210. The Morgan fingerprint density at radius 3 is 2.78 bits per heavy atom. The summed E-state index contributed by atoms with van der Waals surface area (Å²) in [6, 6.07) is 0. The molecule has 0 bridgehead atoms. The first-order valence-electron chi connectivity index (χ1n) is 12.5. The molecule has 5 rings (SSSR count). The molecular weight excluding hydrogens is 408 g/mol. The Kier molecular flexibility index (Phi) is 5.48. The van der Waals surface area contributed by atoms with Gasteiger partial charge >= 0.3 is 11.9 Å². The van der Waals surface area contributed by atoms with Crippen LogP contribution in [-0.2, 0) is 23.8 Å². The van der Waals surface area contributed by atoms with Gasteiger partial charge in [-0.25, -0.2) is 4.79 Å². The maximum Gasteiger partial charge on any atom is 0.331 e. The maximum atomic E-state index is 11.8. The molecule has 8 atom stereocenters. The standard InChI is InChI=1S/C26H38O6/c1-16-9-19-11-22(28)26(15-31-17(2)27)21(5-4-7-25(26)14-32-25)20(19)12-24(16,3)8-6-18-10-23(29)30-13-18/h10,16,19-22,28H,4-9,11-15H2,1-3H3/t16-,19?,20?,21-,22+,24-,25+,26+/m1/s1. The van der Waals surface area contributed by atoms with Crippen LogP contribution in [0, 0.1) is 34.5 Å². The van der Waals surface area contributed by atoms with Crippen LogP contribution in [0.15, 0.2) is 11.6 Å². The van der Waals surface area contributed by atoms with Gasteiger partial charge in [0.1, 0.15) is 18.8 Å². The van der Waals surface area contributed by atoms with E-state index in [1.54, 1.807) is 6.08 Å². The van der Waals surface area contributed by atoms with E-state index in [9.17, 15) is 14.7 Å². The molecule has 0 aromatic rings. The normalized spacial score (nSPS) is 47.3. The van der Waals surface area contributed by atoms with Crippen LogP contribution in [0.2, 0.25) is 0 Å². The second-order valence-corrected chi connectivity index (χ2v) is 11.7. The van der Waals surface area contributed by atoms with Gasteiger partial charge in [0.15, 0.2) is 0 Å². The molecule has 2 heterocycles. The topological polar surface area (TPSA) is 85.4 Å². The molecule has 0 aromatic heterocycles. The fraction of sp³-hybridized carbons (Fsp3) is 0.846. The summed E-state index contributed by atoms with van der Waals surface area (Å²) in [7, 11) is 0. The molecule has 0 amide bonds. The monoisotopic (exact) mass is 446 g/mol. The number of epoxide rings is 1. The largest absolute Gasteiger partial charge is 0.465 e. The Morgan fingerprint density at radius 2 is 2.12 bits per heavy atom. The minimum absolute atomic E-state index is 0.179. The molecule has 2 aliphatic heterocycles. The zero-order valence-electron chi connectivity index (χ0n) is 19.7. The third kappa shape index (κ3) is 3.44. The number of carbonyl (C=O) groups is 2. The zero-order valence-corrected chi connectivity index (χ0v) is 19.7. The van der Waals surface area contributed by atoms with Gasteiger partial charge in [-0.2, -0.15) is 0 Å². The van der Waals surface area contributed by atoms with E-state index in [2.05, 4.69) is 13.8 Å². The lowest BCUT2D eigenvalue weighted by atomic mass is 9.43. The minimum atomic E-state index is -0.487. The summed E-state index contributed by atoms with van der Waals surface area (Å²) < 4.78 is 16.8. The first kappa shape index (κ1) is 22.4. The molecule has 32 heavy (non-hydrogen) atoms. The van der Waals surface area contributed by atoms with Crippen molar-refractivity contribution in [3.8, 4) is 0 Å². The third-order valence-corrected chi connectivity index (χ3v) is 10.1. The molecule has 1 N–H and O–H groups in total. The fourth-order valence-corrected chi connectivity index (χ4v) is 8.05. The Balaban J connectivity index is 1.41. The number of hydrogen-bond donors (Lipinski definition) is 1. The zero-order chi connectivity index (χ0) is 22.7. The van der Waals surface area contributed by atoms with Gasteiger partial charge in [0, 0.05) is 13.0 Å². The predicted molar refractivity (Wildman–Crippen MR) is 117 cm³/mol. The number of ether oxygens (including phenoxy) is 3. The molecule has 6 heteroatoms. The van der Waals surface area contributed by atoms with Crippen molar-refractivity contribution in [2.45, 2.75) is 83.8 Å². The molecule has 0 radical (unpaired) electrons. The van der Waals surface area contributed by atoms with Gasteiger partial charge in [0.05, 0.1) is 18.1 Å². The number of hydrogen-bond acceptors (Lipinski definition) is 6. The highest BCUT2D eigenvalue weighted by atomic mass is 16.6. The molecule has 4 fully saturated rings. The number of rotatable bonds is 5. The highest BCUT2D eigenvalue weighted by Gasteiger charge is 2.72. The summed E-state index contributed by atoms with van der Waals surface area (Å²) in [6.45, 7) is 7.62. The maximum absolute atomic E-state index is 11.8. The van der Waals surface area contributed by atoms with Gasteiger partial charge in [0.25, 0.3) is 0 Å². The van der Waals surface area contributed by atoms with Gasteiger partial charge in [-0.1, -0.05) is 20.3 Å². The smallest absolute Gasteiger partial charge is 0.331 e. The van der Waals surface area contributed by atoms with Crippen molar-refractivity contribution in [1.82, 2.24) is 0 Å². The van der Waals surface area contributed by atoms with Gasteiger partial charge < -0.3 is 19.3 Å². The quantitative estimate of drug-likeness (QED) is 0.511. The van der Waals surface area contributed by atoms with Gasteiger partial charge in [-0.15, -0.1) is 0 Å². The van der Waals surface area contributed by atoms with E-state index in [1.165, 1.54) is 6.92 Å². The Hall–Kier alpha value is -1.40. The van der Waals surface area contributed by atoms with Crippen molar-refractivity contribution >= 4 is 11.9 Å². The molecule has 178 valence electrons. The number of carbonyl (C=O) groups excluding carboxylic acids is 2. The average molecular weight is 447 g/mol. The Bertz CT molecular complexity index is 815. The van der Waals surface area contributed by atoms with Crippen molar-refractivity contribution in [2.24, 2.45) is 34.5 Å². The second kappa shape index (κ2) is 7.83. The molecule has 6 nitrogen and oxygen atoms in total. The summed E-state index contributed by atoms with van der Waals surface area (Å²) in [5.74, 6) is 1.40. The fourth-order valence-electron chi connectivity index (χ4n) is 8.05. The third-order valence-electron chi connectivity index (χ3n) is 10.1. The van der Waals surface area contributed by atoms with Gasteiger partial charge in [-0.05, 0) is 79.6 Å². The van der Waals surface area contributed by atoms with E-state index < -0.39 is 11.5 Å². The first-order chi connectivity index (χ1) is 15.2. The van der Waals surface area contributed by atoms with E-state index >= 15 is 0 Å². The molecule has 3 aliphatic carbocycles. The average Bonchev–Trinajstić information content (AvgIpc) is 3.39.